The van der Waals surface area contributed by atoms with Gasteiger partial charge in [-0.3, -0.25) is 0 Å². The van der Waals surface area contributed by atoms with Crippen molar-refractivity contribution in [3.05, 3.63) is 59.9 Å². The van der Waals surface area contributed by atoms with Crippen LogP contribution in [-0.4, -0.2) is 40.9 Å². The van der Waals surface area contributed by atoms with Gasteiger partial charge in [-0.05, 0) is 73.8 Å². The standard InChI is InChI=1S/C24H30FN5O/c1-17(2)16-31-22-9-5-19(6-10-22)23-27-24(29-28-23)30(21-11-13-26-14-12-21)15-18-3-7-20(25)8-4-18/h3-10,17,21,26H,11-16H2,1-2H3,(H,27,28,29). The molecule has 0 unspecified atom stereocenters. The third kappa shape index (κ3) is 5.61. The summed E-state index contributed by atoms with van der Waals surface area (Å²) in [7, 11) is 0. The van der Waals surface area contributed by atoms with E-state index in [-0.39, 0.29) is 5.82 Å². The molecule has 1 saturated heterocycles. The molecule has 2 heterocycles. The molecule has 0 atom stereocenters. The molecule has 2 aromatic carbocycles. The molecule has 0 aliphatic carbocycles. The smallest absolute Gasteiger partial charge is 0.225 e. The number of benzene rings is 2. The summed E-state index contributed by atoms with van der Waals surface area (Å²) in [6.45, 7) is 7.56. The van der Waals surface area contributed by atoms with Crippen molar-refractivity contribution in [1.29, 1.82) is 0 Å². The maximum atomic E-state index is 13.3. The third-order valence-electron chi connectivity index (χ3n) is 5.47. The van der Waals surface area contributed by atoms with Gasteiger partial charge in [0, 0.05) is 18.2 Å². The van der Waals surface area contributed by atoms with Crippen molar-refractivity contribution in [2.24, 2.45) is 5.92 Å². The molecule has 1 aromatic heterocycles. The van der Waals surface area contributed by atoms with Crippen molar-refractivity contribution < 1.29 is 9.13 Å². The highest BCUT2D eigenvalue weighted by molar-refractivity contribution is 5.57. The van der Waals surface area contributed by atoms with Gasteiger partial charge in [0.25, 0.3) is 0 Å². The second-order valence-electron chi connectivity index (χ2n) is 8.46. The van der Waals surface area contributed by atoms with E-state index in [1.807, 2.05) is 36.4 Å². The molecule has 2 N–H and O–H groups in total. The van der Waals surface area contributed by atoms with Crippen LogP contribution in [0.5, 0.6) is 5.75 Å². The lowest BCUT2D eigenvalue weighted by molar-refractivity contribution is 0.271. The van der Waals surface area contributed by atoms with Gasteiger partial charge < -0.3 is 19.9 Å². The highest BCUT2D eigenvalue weighted by Crippen LogP contribution is 2.25. The quantitative estimate of drug-likeness (QED) is 0.562. The van der Waals surface area contributed by atoms with Gasteiger partial charge in [-0.15, -0.1) is 10.2 Å². The van der Waals surface area contributed by atoms with Crippen molar-refractivity contribution in [3.63, 3.8) is 0 Å². The molecule has 3 aromatic rings. The average Bonchev–Trinajstić information content (AvgIpc) is 3.28. The molecule has 6 nitrogen and oxygen atoms in total. The number of halogens is 1. The minimum absolute atomic E-state index is 0.222. The molecule has 0 saturated carbocycles. The Morgan fingerprint density at radius 3 is 2.42 bits per heavy atom. The zero-order valence-electron chi connectivity index (χ0n) is 18.1. The van der Waals surface area contributed by atoms with Crippen LogP contribution in [-0.2, 0) is 6.54 Å². The highest BCUT2D eigenvalue weighted by atomic mass is 19.1. The summed E-state index contributed by atoms with van der Waals surface area (Å²) in [6.07, 6.45) is 2.05. The summed E-state index contributed by atoms with van der Waals surface area (Å²) >= 11 is 0. The van der Waals surface area contributed by atoms with Gasteiger partial charge >= 0.3 is 0 Å². The number of nitrogens with zero attached hydrogens (tertiary/aromatic N) is 3. The van der Waals surface area contributed by atoms with Gasteiger partial charge in [-0.25, -0.2) is 4.39 Å². The Kier molecular flexibility index (Phi) is 6.82. The number of hydrogen-bond donors (Lipinski definition) is 2. The maximum absolute atomic E-state index is 13.3. The number of H-pyrrole nitrogens is 1. The lowest BCUT2D eigenvalue weighted by atomic mass is 10.0. The Balaban J connectivity index is 1.53. The van der Waals surface area contributed by atoms with E-state index in [2.05, 4.69) is 39.2 Å². The minimum atomic E-state index is -0.222. The summed E-state index contributed by atoms with van der Waals surface area (Å²) in [5.41, 5.74) is 2.01. The highest BCUT2D eigenvalue weighted by Gasteiger charge is 2.24. The Labute approximate surface area is 182 Å². The third-order valence-corrected chi connectivity index (χ3v) is 5.47. The molecular weight excluding hydrogens is 393 g/mol. The molecule has 4 rings (SSSR count). The van der Waals surface area contributed by atoms with Gasteiger partial charge in [0.1, 0.15) is 11.6 Å². The average molecular weight is 424 g/mol. The molecule has 1 aliphatic heterocycles. The number of anilines is 1. The number of aromatic amines is 1. The van der Waals surface area contributed by atoms with Crippen LogP contribution < -0.4 is 15.0 Å². The first-order chi connectivity index (χ1) is 15.1. The van der Waals surface area contributed by atoms with E-state index < -0.39 is 0 Å². The fourth-order valence-corrected chi connectivity index (χ4v) is 3.77. The fourth-order valence-electron chi connectivity index (χ4n) is 3.77. The second-order valence-corrected chi connectivity index (χ2v) is 8.46. The molecule has 0 amide bonds. The second kappa shape index (κ2) is 9.92. The van der Waals surface area contributed by atoms with Gasteiger partial charge in [0.2, 0.25) is 5.95 Å². The molecule has 31 heavy (non-hydrogen) atoms. The van der Waals surface area contributed by atoms with E-state index in [0.29, 0.717) is 25.1 Å². The van der Waals surface area contributed by atoms with Crippen molar-refractivity contribution in [2.75, 3.05) is 24.6 Å². The number of ether oxygens (including phenoxy) is 1. The molecule has 0 spiro atoms. The molecule has 7 heteroatoms. The van der Waals surface area contributed by atoms with Gasteiger partial charge in [-0.1, -0.05) is 26.0 Å². The van der Waals surface area contributed by atoms with Crippen LogP contribution in [0.2, 0.25) is 0 Å². The van der Waals surface area contributed by atoms with E-state index in [1.165, 1.54) is 12.1 Å². The van der Waals surface area contributed by atoms with Crippen LogP contribution in [0.15, 0.2) is 48.5 Å². The lowest BCUT2D eigenvalue weighted by Crippen LogP contribution is -2.43. The monoisotopic (exact) mass is 423 g/mol. The normalized spacial score (nSPS) is 14.7. The molecule has 0 bridgehead atoms. The molecule has 164 valence electrons. The number of nitrogens with one attached hydrogen (secondary N) is 2. The van der Waals surface area contributed by atoms with Gasteiger partial charge in [0.15, 0.2) is 5.82 Å². The fraction of sp³-hybridized carbons (Fsp3) is 0.417. The van der Waals surface area contributed by atoms with Crippen LogP contribution in [0, 0.1) is 11.7 Å². The number of piperidine rings is 1. The van der Waals surface area contributed by atoms with Crippen molar-refractivity contribution >= 4 is 5.95 Å². The van der Waals surface area contributed by atoms with Crippen LogP contribution in [0.25, 0.3) is 11.4 Å². The molecule has 1 fully saturated rings. The topological polar surface area (TPSA) is 66.1 Å². The number of rotatable bonds is 8. The number of hydrogen-bond acceptors (Lipinski definition) is 5. The van der Waals surface area contributed by atoms with Crippen molar-refractivity contribution in [1.82, 2.24) is 20.5 Å². The molecule has 1 aliphatic rings. The van der Waals surface area contributed by atoms with Gasteiger partial charge in [0.05, 0.1) is 6.61 Å². The summed E-state index contributed by atoms with van der Waals surface area (Å²) < 4.78 is 19.1. The minimum Gasteiger partial charge on any atom is -0.493 e. The largest absolute Gasteiger partial charge is 0.493 e. The first kappa shape index (κ1) is 21.3. The molecular formula is C24H30FN5O. The Bertz CT molecular complexity index is 949. The predicted octanol–water partition coefficient (Wildman–Crippen LogP) is 4.40. The zero-order chi connectivity index (χ0) is 21.6. The Hall–Kier alpha value is -2.93. The van der Waals surface area contributed by atoms with Gasteiger partial charge in [-0.2, -0.15) is 0 Å². The Morgan fingerprint density at radius 2 is 1.74 bits per heavy atom. The van der Waals surface area contributed by atoms with Crippen molar-refractivity contribution in [3.8, 4) is 17.1 Å². The first-order valence-electron chi connectivity index (χ1n) is 11.0. The summed E-state index contributed by atoms with van der Waals surface area (Å²) in [5.74, 6) is 2.58. The van der Waals surface area contributed by atoms with Crippen LogP contribution in [0.1, 0.15) is 32.3 Å². The van der Waals surface area contributed by atoms with Crippen molar-refractivity contribution in [2.45, 2.75) is 39.3 Å². The molecule has 0 radical (unpaired) electrons. The van der Waals surface area contributed by atoms with E-state index >= 15 is 0 Å². The van der Waals surface area contributed by atoms with Crippen LogP contribution >= 0.6 is 0 Å². The summed E-state index contributed by atoms with van der Waals surface area (Å²) in [6, 6.07) is 14.9. The van der Waals surface area contributed by atoms with E-state index in [4.69, 9.17) is 4.74 Å². The maximum Gasteiger partial charge on any atom is 0.225 e. The summed E-state index contributed by atoms with van der Waals surface area (Å²) in [5, 5.41) is 12.3. The Morgan fingerprint density at radius 1 is 1.03 bits per heavy atom. The van der Waals surface area contributed by atoms with Crippen LogP contribution in [0.4, 0.5) is 10.3 Å². The summed E-state index contributed by atoms with van der Waals surface area (Å²) in [4.78, 5) is 5.65. The van der Waals surface area contributed by atoms with E-state index in [1.54, 1.807) is 0 Å². The first-order valence-corrected chi connectivity index (χ1v) is 11.0. The van der Waals surface area contributed by atoms with Crippen LogP contribution in [0.3, 0.4) is 0 Å². The number of aromatic nitrogens is 3. The lowest BCUT2D eigenvalue weighted by Gasteiger charge is -2.34. The zero-order valence-corrected chi connectivity index (χ0v) is 18.1. The van der Waals surface area contributed by atoms with E-state index in [9.17, 15) is 4.39 Å². The van der Waals surface area contributed by atoms with E-state index in [0.717, 1.165) is 54.6 Å². The SMILES string of the molecule is CC(C)COc1ccc(-c2nnc(N(Cc3ccc(F)cc3)C3CCNCC3)[nH]2)cc1. The predicted molar refractivity (Wildman–Crippen MR) is 121 cm³/mol.